The fourth-order valence-electron chi connectivity index (χ4n) is 5.16. The summed E-state index contributed by atoms with van der Waals surface area (Å²) in [6.07, 6.45) is 5.39. The molecule has 2 fully saturated rings. The van der Waals surface area contributed by atoms with E-state index in [0.717, 1.165) is 79.9 Å². The lowest BCUT2D eigenvalue weighted by Crippen LogP contribution is -2.46. The molecular weight excluding hydrogens is 421 g/mol. The van der Waals surface area contributed by atoms with Crippen LogP contribution in [0.15, 0.2) is 16.7 Å². The Bertz CT molecular complexity index is 1130. The minimum atomic E-state index is -0.294. The number of anilines is 1. The largest absolute Gasteiger partial charge is 0.381 e. The average Bonchev–Trinajstić information content (AvgIpc) is 3.05. The summed E-state index contributed by atoms with van der Waals surface area (Å²) in [4.78, 5) is 11.6. The Kier molecular flexibility index (Phi) is 6.29. The first-order valence-electron chi connectivity index (χ1n) is 12.0. The van der Waals surface area contributed by atoms with Crippen LogP contribution in [0, 0.1) is 26.6 Å². The van der Waals surface area contributed by atoms with Crippen LogP contribution in [-0.4, -0.2) is 53.5 Å². The number of nitrogens with zero attached hydrogens (tertiary/aromatic N) is 4. The summed E-state index contributed by atoms with van der Waals surface area (Å²) in [5.41, 5.74) is 3.02. The highest BCUT2D eigenvalue weighted by molar-refractivity contribution is 5.93. The number of hydrogen-bond acceptors (Lipinski definition) is 7. The molecule has 2 aliphatic rings. The molecule has 2 saturated heterocycles. The summed E-state index contributed by atoms with van der Waals surface area (Å²) in [7, 11) is 0. The standard InChI is InChI=1S/C25H32FN5O2/c1-15-13-20-16(2)22(24-27-17(3)33-30-24)25(29-23(20)21(26)14-15)31-9-6-19(7-10-31)28-18-5-4-11-32-12-8-18/h13-14,18-19,28H,4-12H2,1-3H3/t18-/m1/s1. The summed E-state index contributed by atoms with van der Waals surface area (Å²) in [5.74, 6) is 1.46. The molecule has 5 rings (SSSR count). The number of aryl methyl sites for hydroxylation is 3. The molecule has 8 heteroatoms. The number of ether oxygens (including phenoxy) is 1. The van der Waals surface area contributed by atoms with Crippen molar-refractivity contribution in [2.75, 3.05) is 31.2 Å². The predicted octanol–water partition coefficient (Wildman–Crippen LogP) is 4.48. The minimum Gasteiger partial charge on any atom is -0.381 e. The monoisotopic (exact) mass is 453 g/mol. The lowest BCUT2D eigenvalue weighted by Gasteiger charge is -2.36. The molecule has 0 unspecified atom stereocenters. The number of aromatic nitrogens is 3. The molecule has 2 aliphatic heterocycles. The molecule has 176 valence electrons. The van der Waals surface area contributed by atoms with Crippen LogP contribution in [0.25, 0.3) is 22.3 Å². The third kappa shape index (κ3) is 4.59. The van der Waals surface area contributed by atoms with Crippen LogP contribution in [-0.2, 0) is 4.74 Å². The first-order valence-corrected chi connectivity index (χ1v) is 12.0. The van der Waals surface area contributed by atoms with E-state index >= 15 is 0 Å². The van der Waals surface area contributed by atoms with Crippen LogP contribution in [0.1, 0.15) is 49.1 Å². The quantitative estimate of drug-likeness (QED) is 0.624. The zero-order valence-corrected chi connectivity index (χ0v) is 19.7. The van der Waals surface area contributed by atoms with Gasteiger partial charge in [0, 0.05) is 50.7 Å². The average molecular weight is 454 g/mol. The predicted molar refractivity (Wildman–Crippen MR) is 126 cm³/mol. The maximum absolute atomic E-state index is 14.9. The van der Waals surface area contributed by atoms with E-state index in [1.54, 1.807) is 13.0 Å². The third-order valence-electron chi connectivity index (χ3n) is 6.90. The molecule has 0 spiro atoms. The van der Waals surface area contributed by atoms with E-state index in [-0.39, 0.29) is 5.82 Å². The van der Waals surface area contributed by atoms with Gasteiger partial charge < -0.3 is 19.5 Å². The molecular formula is C25H32FN5O2. The summed E-state index contributed by atoms with van der Waals surface area (Å²) in [6.45, 7) is 9.07. The van der Waals surface area contributed by atoms with Crippen molar-refractivity contribution in [3.63, 3.8) is 0 Å². The normalized spacial score (nSPS) is 20.4. The van der Waals surface area contributed by atoms with E-state index in [1.807, 2.05) is 19.9 Å². The number of pyridine rings is 1. The molecule has 0 aliphatic carbocycles. The lowest BCUT2D eigenvalue weighted by molar-refractivity contribution is 0.142. The Labute approximate surface area is 193 Å². The van der Waals surface area contributed by atoms with Gasteiger partial charge in [0.25, 0.3) is 0 Å². The molecule has 0 saturated carbocycles. The molecule has 2 aromatic heterocycles. The highest BCUT2D eigenvalue weighted by Gasteiger charge is 2.28. The van der Waals surface area contributed by atoms with Gasteiger partial charge in [-0.05, 0) is 69.2 Å². The van der Waals surface area contributed by atoms with Gasteiger partial charge in [0.05, 0.1) is 5.56 Å². The van der Waals surface area contributed by atoms with Crippen molar-refractivity contribution in [1.82, 2.24) is 20.4 Å². The van der Waals surface area contributed by atoms with Crippen LogP contribution in [0.2, 0.25) is 0 Å². The van der Waals surface area contributed by atoms with E-state index in [1.165, 1.54) is 6.42 Å². The van der Waals surface area contributed by atoms with Crippen LogP contribution in [0.4, 0.5) is 10.2 Å². The number of fused-ring (bicyclic) bond motifs is 1. The highest BCUT2D eigenvalue weighted by Crippen LogP contribution is 2.37. The third-order valence-corrected chi connectivity index (χ3v) is 6.90. The summed E-state index contributed by atoms with van der Waals surface area (Å²) >= 11 is 0. The van der Waals surface area contributed by atoms with Gasteiger partial charge in [0.15, 0.2) is 0 Å². The van der Waals surface area contributed by atoms with E-state index in [0.29, 0.717) is 29.3 Å². The maximum atomic E-state index is 14.9. The maximum Gasteiger partial charge on any atom is 0.223 e. The van der Waals surface area contributed by atoms with Gasteiger partial charge in [-0.1, -0.05) is 5.16 Å². The Balaban J connectivity index is 1.45. The lowest BCUT2D eigenvalue weighted by atomic mass is 9.98. The molecule has 7 nitrogen and oxygen atoms in total. The molecule has 0 amide bonds. The van der Waals surface area contributed by atoms with Gasteiger partial charge in [0.2, 0.25) is 11.7 Å². The smallest absolute Gasteiger partial charge is 0.223 e. The van der Waals surface area contributed by atoms with Crippen molar-refractivity contribution >= 4 is 16.7 Å². The summed E-state index contributed by atoms with van der Waals surface area (Å²) in [6, 6.07) is 4.53. The van der Waals surface area contributed by atoms with E-state index in [9.17, 15) is 4.39 Å². The van der Waals surface area contributed by atoms with Gasteiger partial charge in [-0.2, -0.15) is 4.98 Å². The minimum absolute atomic E-state index is 0.294. The van der Waals surface area contributed by atoms with E-state index in [4.69, 9.17) is 14.2 Å². The fourth-order valence-corrected chi connectivity index (χ4v) is 5.16. The molecule has 33 heavy (non-hydrogen) atoms. The van der Waals surface area contributed by atoms with Crippen LogP contribution >= 0.6 is 0 Å². The van der Waals surface area contributed by atoms with Crippen LogP contribution in [0.3, 0.4) is 0 Å². The van der Waals surface area contributed by atoms with Crippen LogP contribution in [0.5, 0.6) is 0 Å². The summed E-state index contributed by atoms with van der Waals surface area (Å²) in [5, 5.41) is 8.83. The number of nitrogens with one attached hydrogen (secondary N) is 1. The van der Waals surface area contributed by atoms with Crippen LogP contribution < -0.4 is 10.2 Å². The number of hydrogen-bond donors (Lipinski definition) is 1. The van der Waals surface area contributed by atoms with E-state index in [2.05, 4.69) is 20.4 Å². The number of halogens is 1. The second-order valence-electron chi connectivity index (χ2n) is 9.38. The van der Waals surface area contributed by atoms with Gasteiger partial charge in [-0.15, -0.1) is 0 Å². The van der Waals surface area contributed by atoms with Crippen molar-refractivity contribution in [2.45, 2.75) is 65.0 Å². The second-order valence-corrected chi connectivity index (χ2v) is 9.38. The first kappa shape index (κ1) is 22.2. The van der Waals surface area contributed by atoms with Crippen molar-refractivity contribution in [3.05, 3.63) is 35.0 Å². The van der Waals surface area contributed by atoms with Gasteiger partial charge in [-0.3, -0.25) is 0 Å². The Hall–Kier alpha value is -2.58. The second kappa shape index (κ2) is 9.35. The molecule has 1 N–H and O–H groups in total. The highest BCUT2D eigenvalue weighted by atomic mass is 19.1. The Morgan fingerprint density at radius 3 is 2.55 bits per heavy atom. The Morgan fingerprint density at radius 2 is 1.79 bits per heavy atom. The number of benzene rings is 1. The van der Waals surface area contributed by atoms with Crippen molar-refractivity contribution in [1.29, 1.82) is 0 Å². The molecule has 0 bridgehead atoms. The van der Waals surface area contributed by atoms with Crippen molar-refractivity contribution < 1.29 is 13.7 Å². The molecule has 1 atom stereocenters. The van der Waals surface area contributed by atoms with Crippen molar-refractivity contribution in [3.8, 4) is 11.4 Å². The van der Waals surface area contributed by atoms with Gasteiger partial charge >= 0.3 is 0 Å². The van der Waals surface area contributed by atoms with E-state index < -0.39 is 0 Å². The van der Waals surface area contributed by atoms with Gasteiger partial charge in [-0.25, -0.2) is 9.37 Å². The topological polar surface area (TPSA) is 76.3 Å². The number of piperidine rings is 1. The number of rotatable bonds is 4. The van der Waals surface area contributed by atoms with Gasteiger partial charge in [0.1, 0.15) is 17.2 Å². The molecule has 4 heterocycles. The Morgan fingerprint density at radius 1 is 1.00 bits per heavy atom. The molecule has 0 radical (unpaired) electrons. The zero-order chi connectivity index (χ0) is 22.9. The fraction of sp³-hybridized carbons (Fsp3) is 0.560. The van der Waals surface area contributed by atoms with Crippen molar-refractivity contribution in [2.24, 2.45) is 0 Å². The SMILES string of the molecule is Cc1cc(F)c2nc(N3CCC(N[C@@H]4CCCOCC4)CC3)c(-c3noc(C)n3)c(C)c2c1. The molecule has 1 aromatic carbocycles. The zero-order valence-electron chi connectivity index (χ0n) is 19.7. The molecule has 3 aromatic rings. The summed E-state index contributed by atoms with van der Waals surface area (Å²) < 4.78 is 25.8. The first-order chi connectivity index (χ1) is 16.0.